The van der Waals surface area contributed by atoms with Crippen molar-refractivity contribution >= 4 is 21.8 Å². The van der Waals surface area contributed by atoms with Crippen LogP contribution in [0.15, 0.2) is 67.0 Å². The fraction of sp³-hybridized carbons (Fsp3) is 0.0870. The molecule has 144 valence electrons. The van der Waals surface area contributed by atoms with Crippen LogP contribution in [0.25, 0.3) is 38.8 Å². The number of aromatic hydroxyl groups is 1. The molecule has 0 atom stereocenters. The second-order valence-corrected chi connectivity index (χ2v) is 6.73. The van der Waals surface area contributed by atoms with Crippen LogP contribution < -0.4 is 9.47 Å². The van der Waals surface area contributed by atoms with Crippen molar-refractivity contribution in [3.63, 3.8) is 0 Å². The second-order valence-electron chi connectivity index (χ2n) is 6.73. The number of aromatic nitrogens is 3. The third kappa shape index (κ3) is 2.61. The number of imidazole rings is 1. The SMILES string of the molecule is COc1ccc(-c2c3ccccc3c(O)n2-c2ccc3nc[nH]c3c2)cc1OC. The molecule has 29 heavy (non-hydrogen) atoms. The van der Waals surface area contributed by atoms with Gasteiger partial charge in [-0.2, -0.15) is 0 Å². The first kappa shape index (κ1) is 17.2. The summed E-state index contributed by atoms with van der Waals surface area (Å²) >= 11 is 0. The van der Waals surface area contributed by atoms with Crippen LogP contribution in [0.5, 0.6) is 17.4 Å². The van der Waals surface area contributed by atoms with Crippen LogP contribution in [0.3, 0.4) is 0 Å². The molecule has 3 aromatic carbocycles. The molecule has 6 heteroatoms. The largest absolute Gasteiger partial charge is 0.494 e. The van der Waals surface area contributed by atoms with Crippen molar-refractivity contribution in [2.45, 2.75) is 0 Å². The fourth-order valence-corrected chi connectivity index (χ4v) is 3.81. The molecule has 0 bridgehead atoms. The summed E-state index contributed by atoms with van der Waals surface area (Å²) in [6, 6.07) is 19.4. The van der Waals surface area contributed by atoms with E-state index in [1.54, 1.807) is 20.5 Å². The number of rotatable bonds is 4. The highest BCUT2D eigenvalue weighted by Crippen LogP contribution is 2.42. The van der Waals surface area contributed by atoms with Gasteiger partial charge in [0.2, 0.25) is 5.88 Å². The van der Waals surface area contributed by atoms with Gasteiger partial charge in [-0.3, -0.25) is 4.57 Å². The van der Waals surface area contributed by atoms with E-state index in [0.717, 1.165) is 38.8 Å². The van der Waals surface area contributed by atoms with Gasteiger partial charge >= 0.3 is 0 Å². The maximum Gasteiger partial charge on any atom is 0.204 e. The Hall–Kier alpha value is -3.93. The van der Waals surface area contributed by atoms with Gasteiger partial charge < -0.3 is 19.6 Å². The smallest absolute Gasteiger partial charge is 0.204 e. The van der Waals surface area contributed by atoms with Crippen LogP contribution in [-0.2, 0) is 0 Å². The van der Waals surface area contributed by atoms with Crippen molar-refractivity contribution in [2.24, 2.45) is 0 Å². The Morgan fingerprint density at radius 2 is 1.69 bits per heavy atom. The lowest BCUT2D eigenvalue weighted by atomic mass is 10.1. The number of benzene rings is 3. The van der Waals surface area contributed by atoms with E-state index in [0.29, 0.717) is 11.5 Å². The van der Waals surface area contributed by atoms with Crippen LogP contribution >= 0.6 is 0 Å². The molecule has 0 aliphatic carbocycles. The quantitative estimate of drug-likeness (QED) is 0.462. The Morgan fingerprint density at radius 3 is 2.48 bits per heavy atom. The van der Waals surface area contributed by atoms with Crippen molar-refractivity contribution in [1.82, 2.24) is 14.5 Å². The molecule has 0 spiro atoms. The molecule has 6 nitrogen and oxygen atoms in total. The molecule has 0 amide bonds. The molecular weight excluding hydrogens is 366 g/mol. The number of aromatic amines is 1. The zero-order valence-electron chi connectivity index (χ0n) is 16.0. The summed E-state index contributed by atoms with van der Waals surface area (Å²) < 4.78 is 12.7. The number of H-pyrrole nitrogens is 1. The summed E-state index contributed by atoms with van der Waals surface area (Å²) in [6.45, 7) is 0. The Bertz CT molecular complexity index is 1350. The number of hydrogen-bond donors (Lipinski definition) is 2. The van der Waals surface area contributed by atoms with Crippen molar-refractivity contribution in [2.75, 3.05) is 14.2 Å². The van der Waals surface area contributed by atoms with Crippen molar-refractivity contribution < 1.29 is 14.6 Å². The Balaban J connectivity index is 1.84. The molecule has 2 heterocycles. The number of fused-ring (bicyclic) bond motifs is 2. The molecule has 0 aliphatic heterocycles. The molecule has 2 aromatic heterocycles. The number of hydrogen-bond acceptors (Lipinski definition) is 4. The minimum atomic E-state index is 0.184. The van der Waals surface area contributed by atoms with Crippen molar-refractivity contribution in [1.29, 1.82) is 0 Å². The van der Waals surface area contributed by atoms with Crippen LogP contribution in [0.2, 0.25) is 0 Å². The Morgan fingerprint density at radius 1 is 0.897 bits per heavy atom. The van der Waals surface area contributed by atoms with Gasteiger partial charge in [0, 0.05) is 16.3 Å². The topological polar surface area (TPSA) is 72.3 Å². The first-order valence-electron chi connectivity index (χ1n) is 9.19. The molecule has 0 fully saturated rings. The standard InChI is InChI=1S/C23H19N3O3/c1-28-20-10-7-14(11-21(20)29-2)22-16-5-3-4-6-17(16)23(27)26(22)15-8-9-18-19(12-15)25-13-24-18/h3-13,27H,1-2H3,(H,24,25). The minimum Gasteiger partial charge on any atom is -0.494 e. The van der Waals surface area contributed by atoms with E-state index in [4.69, 9.17) is 9.47 Å². The highest BCUT2D eigenvalue weighted by molar-refractivity contribution is 6.01. The molecule has 5 rings (SSSR count). The third-order valence-corrected chi connectivity index (χ3v) is 5.18. The normalized spacial score (nSPS) is 11.2. The lowest BCUT2D eigenvalue weighted by molar-refractivity contribution is 0.355. The van der Waals surface area contributed by atoms with Crippen LogP contribution in [-0.4, -0.2) is 33.9 Å². The highest BCUT2D eigenvalue weighted by Gasteiger charge is 2.20. The summed E-state index contributed by atoms with van der Waals surface area (Å²) in [5, 5.41) is 12.8. The first-order valence-corrected chi connectivity index (χ1v) is 9.19. The Kier molecular flexibility index (Phi) is 3.91. The highest BCUT2D eigenvalue weighted by atomic mass is 16.5. The van der Waals surface area contributed by atoms with E-state index >= 15 is 0 Å². The predicted octanol–water partition coefficient (Wildman–Crippen LogP) is 4.90. The molecule has 0 aliphatic rings. The van der Waals surface area contributed by atoms with E-state index in [1.165, 1.54) is 0 Å². The lowest BCUT2D eigenvalue weighted by Crippen LogP contribution is -1.98. The summed E-state index contributed by atoms with van der Waals surface area (Å²) in [5.41, 5.74) is 4.39. The van der Waals surface area contributed by atoms with Gasteiger partial charge in [-0.15, -0.1) is 0 Å². The average Bonchev–Trinajstić information content (AvgIpc) is 3.35. The number of nitrogens with one attached hydrogen (secondary N) is 1. The third-order valence-electron chi connectivity index (χ3n) is 5.18. The lowest BCUT2D eigenvalue weighted by Gasteiger charge is -2.14. The summed E-state index contributed by atoms with van der Waals surface area (Å²) in [7, 11) is 3.23. The zero-order valence-corrected chi connectivity index (χ0v) is 16.0. The van der Waals surface area contributed by atoms with Crippen molar-refractivity contribution in [3.05, 3.63) is 67.0 Å². The van der Waals surface area contributed by atoms with Gasteiger partial charge in [0.05, 0.1) is 43.0 Å². The van der Waals surface area contributed by atoms with Gasteiger partial charge in [0.25, 0.3) is 0 Å². The van der Waals surface area contributed by atoms with Gasteiger partial charge in [0.15, 0.2) is 11.5 Å². The number of ether oxygens (including phenoxy) is 2. The predicted molar refractivity (Wildman–Crippen MR) is 113 cm³/mol. The molecular formula is C23H19N3O3. The summed E-state index contributed by atoms with van der Waals surface area (Å²) in [6.07, 6.45) is 1.66. The average molecular weight is 385 g/mol. The van der Waals surface area contributed by atoms with E-state index < -0.39 is 0 Å². The van der Waals surface area contributed by atoms with Crippen LogP contribution in [0.1, 0.15) is 0 Å². The summed E-state index contributed by atoms with van der Waals surface area (Å²) in [5.74, 6) is 1.47. The Labute approximate surface area is 167 Å². The van der Waals surface area contributed by atoms with Gasteiger partial charge in [-0.25, -0.2) is 4.98 Å². The maximum absolute atomic E-state index is 11.1. The molecule has 0 radical (unpaired) electrons. The van der Waals surface area contributed by atoms with Crippen molar-refractivity contribution in [3.8, 4) is 34.3 Å². The monoisotopic (exact) mass is 385 g/mol. The van der Waals surface area contributed by atoms with Gasteiger partial charge in [-0.1, -0.05) is 18.2 Å². The van der Waals surface area contributed by atoms with E-state index in [9.17, 15) is 5.11 Å². The molecule has 0 saturated heterocycles. The van der Waals surface area contributed by atoms with Gasteiger partial charge in [0.1, 0.15) is 0 Å². The number of nitrogens with zero attached hydrogens (tertiary/aromatic N) is 2. The van der Waals surface area contributed by atoms with Gasteiger partial charge in [-0.05, 0) is 42.5 Å². The zero-order chi connectivity index (χ0) is 20.0. The number of methoxy groups -OCH3 is 2. The second kappa shape index (κ2) is 6.60. The molecule has 0 unspecified atom stereocenters. The van der Waals surface area contributed by atoms with Crippen LogP contribution in [0, 0.1) is 0 Å². The fourth-order valence-electron chi connectivity index (χ4n) is 3.81. The minimum absolute atomic E-state index is 0.184. The van der Waals surface area contributed by atoms with E-state index in [-0.39, 0.29) is 5.88 Å². The van der Waals surface area contributed by atoms with E-state index in [2.05, 4.69) is 9.97 Å². The maximum atomic E-state index is 11.1. The summed E-state index contributed by atoms with van der Waals surface area (Å²) in [4.78, 5) is 7.42. The molecule has 2 N–H and O–H groups in total. The molecule has 0 saturated carbocycles. The molecule has 5 aromatic rings. The van der Waals surface area contributed by atoms with E-state index in [1.807, 2.05) is 65.2 Å². The van der Waals surface area contributed by atoms with Crippen LogP contribution in [0.4, 0.5) is 0 Å². The first-order chi connectivity index (χ1) is 14.2.